The summed E-state index contributed by atoms with van der Waals surface area (Å²) in [4.78, 5) is 24.2. The molecule has 0 unspecified atom stereocenters. The van der Waals surface area contributed by atoms with Crippen LogP contribution in [-0.4, -0.2) is 27.5 Å². The number of rotatable bonds is 4. The van der Waals surface area contributed by atoms with Crippen LogP contribution in [0.2, 0.25) is 5.82 Å². The van der Waals surface area contributed by atoms with Crippen LogP contribution in [0, 0.1) is 0 Å². The van der Waals surface area contributed by atoms with Gasteiger partial charge in [-0.25, -0.2) is 0 Å². The Morgan fingerprint density at radius 3 is 2.71 bits per heavy atom. The Labute approximate surface area is 145 Å². The average Bonchev–Trinajstić information content (AvgIpc) is 2.61. The maximum absolute atomic E-state index is 12.4. The van der Waals surface area contributed by atoms with Crippen molar-refractivity contribution >= 4 is 36.2 Å². The van der Waals surface area contributed by atoms with E-state index in [-0.39, 0.29) is 15.0 Å². The fraction of sp³-hybridized carbons (Fsp3) is 0.158. The standard InChI is InChI=1S/C19H16O4Se/c1-3-22-18(20)13-9-8-12-11-16(23-19(21)15(12)10-13)14-6-4-5-7-17(14)24-2/h4-11H,3H2,1-2H3. The molecule has 0 saturated heterocycles. The molecule has 0 aliphatic heterocycles. The third-order valence-corrected chi connectivity index (χ3v) is 5.32. The SMILES string of the molecule is CCOC(=O)c1ccc2cc(-c3ccccc3[Se]C)oc(=O)c2c1. The van der Waals surface area contributed by atoms with Crippen molar-refractivity contribution in [3.63, 3.8) is 0 Å². The van der Waals surface area contributed by atoms with Crippen molar-refractivity contribution in [2.45, 2.75) is 12.7 Å². The number of fused-ring (bicyclic) bond motifs is 1. The van der Waals surface area contributed by atoms with E-state index in [4.69, 9.17) is 9.15 Å². The van der Waals surface area contributed by atoms with Gasteiger partial charge < -0.3 is 0 Å². The van der Waals surface area contributed by atoms with Gasteiger partial charge in [0.15, 0.2) is 0 Å². The molecule has 0 spiro atoms. The number of carbonyl (C=O) groups excluding carboxylic acids is 1. The van der Waals surface area contributed by atoms with Crippen LogP contribution in [0.4, 0.5) is 0 Å². The van der Waals surface area contributed by atoms with Gasteiger partial charge in [0.1, 0.15) is 0 Å². The van der Waals surface area contributed by atoms with Crippen LogP contribution < -0.4 is 10.1 Å². The molecule has 0 amide bonds. The van der Waals surface area contributed by atoms with E-state index in [1.54, 1.807) is 19.1 Å². The van der Waals surface area contributed by atoms with Crippen molar-refractivity contribution in [1.29, 1.82) is 0 Å². The first kappa shape index (κ1) is 16.5. The monoisotopic (exact) mass is 388 g/mol. The fourth-order valence-corrected chi connectivity index (χ4v) is 3.77. The quantitative estimate of drug-likeness (QED) is 0.510. The molecule has 0 aliphatic carbocycles. The number of hydrogen-bond acceptors (Lipinski definition) is 4. The summed E-state index contributed by atoms with van der Waals surface area (Å²) in [5.41, 5.74) is 0.835. The van der Waals surface area contributed by atoms with Crippen molar-refractivity contribution in [1.82, 2.24) is 0 Å². The normalized spacial score (nSPS) is 10.8. The Morgan fingerprint density at radius 2 is 1.96 bits per heavy atom. The molecular weight excluding hydrogens is 371 g/mol. The first-order valence-electron chi connectivity index (χ1n) is 7.52. The van der Waals surface area contributed by atoms with E-state index < -0.39 is 11.6 Å². The van der Waals surface area contributed by atoms with E-state index in [2.05, 4.69) is 5.82 Å². The van der Waals surface area contributed by atoms with E-state index in [1.807, 2.05) is 30.3 Å². The second-order valence-electron chi connectivity index (χ2n) is 5.12. The van der Waals surface area contributed by atoms with E-state index in [1.165, 1.54) is 10.5 Å². The summed E-state index contributed by atoms with van der Waals surface area (Å²) in [5.74, 6) is 2.23. The first-order valence-corrected chi connectivity index (χ1v) is 10.1. The Bertz CT molecular complexity index is 959. The van der Waals surface area contributed by atoms with Crippen molar-refractivity contribution in [3.8, 4) is 11.3 Å². The summed E-state index contributed by atoms with van der Waals surface area (Å²) in [6.07, 6.45) is 0. The van der Waals surface area contributed by atoms with Crippen molar-refractivity contribution in [2.75, 3.05) is 6.61 Å². The zero-order valence-corrected chi connectivity index (χ0v) is 15.1. The Balaban J connectivity index is 2.13. The maximum atomic E-state index is 12.4. The average molecular weight is 387 g/mol. The van der Waals surface area contributed by atoms with Gasteiger partial charge in [0.2, 0.25) is 0 Å². The number of ether oxygens (including phenoxy) is 1. The molecule has 1 aromatic heterocycles. The Hall–Kier alpha value is -2.36. The Morgan fingerprint density at radius 1 is 1.17 bits per heavy atom. The number of benzene rings is 2. The first-order chi connectivity index (χ1) is 11.6. The van der Waals surface area contributed by atoms with Crippen LogP contribution >= 0.6 is 0 Å². The topological polar surface area (TPSA) is 56.5 Å². The molecule has 2 aromatic carbocycles. The molecule has 5 heteroatoms. The molecule has 3 rings (SSSR count). The van der Waals surface area contributed by atoms with Gasteiger partial charge in [0, 0.05) is 0 Å². The minimum absolute atomic E-state index is 0.290. The van der Waals surface area contributed by atoms with Gasteiger partial charge in [-0.2, -0.15) is 0 Å². The Kier molecular flexibility index (Phi) is 4.84. The number of carbonyl (C=O) groups is 1. The minimum atomic E-state index is -0.452. The second kappa shape index (κ2) is 7.03. The molecule has 24 heavy (non-hydrogen) atoms. The summed E-state index contributed by atoms with van der Waals surface area (Å²) < 4.78 is 11.7. The molecule has 0 N–H and O–H groups in total. The molecule has 0 atom stereocenters. The van der Waals surface area contributed by atoms with Crippen LogP contribution in [0.15, 0.2) is 57.7 Å². The van der Waals surface area contributed by atoms with Crippen LogP contribution in [0.1, 0.15) is 17.3 Å². The molecule has 0 fully saturated rings. The van der Waals surface area contributed by atoms with Crippen LogP contribution in [0.3, 0.4) is 0 Å². The number of hydrogen-bond donors (Lipinski definition) is 0. The van der Waals surface area contributed by atoms with Crippen molar-refractivity contribution < 1.29 is 13.9 Å². The predicted octanol–water partition coefficient (Wildman–Crippen LogP) is 3.01. The third kappa shape index (κ3) is 3.14. The molecule has 3 aromatic rings. The van der Waals surface area contributed by atoms with Crippen LogP contribution in [-0.2, 0) is 4.74 Å². The van der Waals surface area contributed by atoms with Gasteiger partial charge in [-0.05, 0) is 0 Å². The summed E-state index contributed by atoms with van der Waals surface area (Å²) in [6.45, 7) is 2.03. The van der Waals surface area contributed by atoms with E-state index in [0.29, 0.717) is 23.3 Å². The van der Waals surface area contributed by atoms with Crippen molar-refractivity contribution in [3.05, 3.63) is 64.5 Å². The molecule has 4 nitrogen and oxygen atoms in total. The summed E-state index contributed by atoms with van der Waals surface area (Å²) >= 11 is 0.290. The summed E-state index contributed by atoms with van der Waals surface area (Å²) in [7, 11) is 0. The third-order valence-electron chi connectivity index (χ3n) is 3.65. The van der Waals surface area contributed by atoms with E-state index in [9.17, 15) is 9.59 Å². The fourth-order valence-electron chi connectivity index (χ4n) is 2.51. The van der Waals surface area contributed by atoms with Gasteiger partial charge in [0.25, 0.3) is 0 Å². The van der Waals surface area contributed by atoms with Gasteiger partial charge in [0.05, 0.1) is 0 Å². The predicted molar refractivity (Wildman–Crippen MR) is 95.1 cm³/mol. The molecule has 0 bridgehead atoms. The van der Waals surface area contributed by atoms with E-state index >= 15 is 0 Å². The molecule has 0 radical (unpaired) electrons. The molecular formula is C19H16O4Se. The molecule has 0 saturated carbocycles. The van der Waals surface area contributed by atoms with Gasteiger partial charge >= 0.3 is 145 Å². The van der Waals surface area contributed by atoms with Gasteiger partial charge in [-0.3, -0.25) is 0 Å². The second-order valence-corrected chi connectivity index (χ2v) is 6.90. The van der Waals surface area contributed by atoms with Gasteiger partial charge in [-0.1, -0.05) is 0 Å². The van der Waals surface area contributed by atoms with Gasteiger partial charge in [-0.15, -0.1) is 0 Å². The molecule has 1 heterocycles. The number of esters is 1. The molecule has 0 aliphatic rings. The van der Waals surface area contributed by atoms with Crippen molar-refractivity contribution in [2.24, 2.45) is 0 Å². The molecule has 122 valence electrons. The zero-order valence-electron chi connectivity index (χ0n) is 13.4. The van der Waals surface area contributed by atoms with Crippen LogP contribution in [0.25, 0.3) is 22.1 Å². The zero-order chi connectivity index (χ0) is 17.1. The summed E-state index contributed by atoms with van der Waals surface area (Å²) in [5, 5.41) is 1.12. The van der Waals surface area contributed by atoms with E-state index in [0.717, 1.165) is 10.9 Å². The van der Waals surface area contributed by atoms with Crippen LogP contribution in [0.5, 0.6) is 0 Å². The summed E-state index contributed by atoms with van der Waals surface area (Å²) in [6, 6.07) is 14.7.